The third-order valence-corrected chi connectivity index (χ3v) is 7.69. The van der Waals surface area contributed by atoms with Gasteiger partial charge in [-0.15, -0.1) is 0 Å². The van der Waals surface area contributed by atoms with Crippen molar-refractivity contribution in [2.45, 2.75) is 30.6 Å². The fourth-order valence-electron chi connectivity index (χ4n) is 4.67. The quantitative estimate of drug-likeness (QED) is 0.443. The summed E-state index contributed by atoms with van der Waals surface area (Å²) in [5, 5.41) is 4.02. The van der Waals surface area contributed by atoms with Gasteiger partial charge in [0.1, 0.15) is 0 Å². The molecule has 4 aromatic rings. The third kappa shape index (κ3) is 3.95. The molecule has 0 fully saturated rings. The van der Waals surface area contributed by atoms with Crippen molar-refractivity contribution in [2.75, 3.05) is 16.2 Å². The summed E-state index contributed by atoms with van der Waals surface area (Å²) in [7, 11) is -3.85. The van der Waals surface area contributed by atoms with Crippen molar-refractivity contribution in [3.05, 3.63) is 83.5 Å². The highest BCUT2D eigenvalue weighted by atomic mass is 32.2. The molecular weight excluding hydrogens is 466 g/mol. The number of rotatable bonds is 6. The fraction of sp³-hybridized carbons (Fsp3) is 0.200. The number of para-hydroxylation sites is 1. The first-order chi connectivity index (χ1) is 17.0. The second-order valence-electron chi connectivity index (χ2n) is 8.57. The highest BCUT2D eigenvalue weighted by molar-refractivity contribution is 7.92. The maximum atomic E-state index is 13.4. The van der Waals surface area contributed by atoms with Crippen LogP contribution in [-0.2, 0) is 34.1 Å². The number of hydrogen-bond acceptors (Lipinski definition) is 7. The van der Waals surface area contributed by atoms with E-state index in [1.54, 1.807) is 53.7 Å². The number of nitrogens with one attached hydrogen (secondary N) is 1. The molecule has 2 aliphatic heterocycles. The van der Waals surface area contributed by atoms with Crippen molar-refractivity contribution in [1.82, 2.24) is 15.1 Å². The maximum Gasteiger partial charge on any atom is 0.261 e. The van der Waals surface area contributed by atoms with Crippen LogP contribution in [0.3, 0.4) is 0 Å². The van der Waals surface area contributed by atoms with Gasteiger partial charge in [0.15, 0.2) is 0 Å². The van der Waals surface area contributed by atoms with Crippen LogP contribution in [0.15, 0.2) is 70.3 Å². The van der Waals surface area contributed by atoms with Crippen molar-refractivity contribution < 1.29 is 17.7 Å². The molecule has 176 valence electrons. The van der Waals surface area contributed by atoms with Crippen molar-refractivity contribution in [3.63, 3.8) is 0 Å². The van der Waals surface area contributed by atoms with E-state index in [1.807, 2.05) is 12.1 Å². The number of carbonyl (C=O) groups excluding carboxylic acids is 1. The maximum absolute atomic E-state index is 13.4. The van der Waals surface area contributed by atoms with Crippen LogP contribution in [0.25, 0.3) is 11.4 Å². The Balaban J connectivity index is 1.28. The molecule has 35 heavy (non-hydrogen) atoms. The molecule has 0 saturated carbocycles. The molecule has 0 radical (unpaired) electrons. The van der Waals surface area contributed by atoms with E-state index in [4.69, 9.17) is 4.52 Å². The van der Waals surface area contributed by atoms with Crippen LogP contribution in [0.2, 0.25) is 0 Å². The smallest absolute Gasteiger partial charge is 0.261 e. The number of nitrogens with zero attached hydrogens (tertiary/aromatic N) is 4. The van der Waals surface area contributed by atoms with Gasteiger partial charge in [0.25, 0.3) is 10.0 Å². The van der Waals surface area contributed by atoms with Gasteiger partial charge in [-0.05, 0) is 59.9 Å². The predicted molar refractivity (Wildman–Crippen MR) is 128 cm³/mol. The zero-order valence-electron chi connectivity index (χ0n) is 18.6. The molecule has 6 rings (SSSR count). The molecule has 0 unspecified atom stereocenters. The van der Waals surface area contributed by atoms with E-state index in [-0.39, 0.29) is 17.2 Å². The van der Waals surface area contributed by atoms with Gasteiger partial charge in [0.2, 0.25) is 17.6 Å². The first-order valence-electron chi connectivity index (χ1n) is 11.3. The van der Waals surface area contributed by atoms with E-state index >= 15 is 0 Å². The molecule has 9 nitrogen and oxygen atoms in total. The Morgan fingerprint density at radius 3 is 2.60 bits per heavy atom. The lowest BCUT2D eigenvalue weighted by Gasteiger charge is -2.25. The Kier molecular flexibility index (Phi) is 5.10. The Labute approximate surface area is 201 Å². The first kappa shape index (κ1) is 21.5. The number of anilines is 2. The summed E-state index contributed by atoms with van der Waals surface area (Å²) < 4.78 is 34.9. The van der Waals surface area contributed by atoms with Crippen molar-refractivity contribution >= 4 is 27.3 Å². The molecule has 0 saturated heterocycles. The molecule has 2 aromatic carbocycles. The lowest BCUT2D eigenvalue weighted by molar-refractivity contribution is -0.118. The topological polar surface area (TPSA) is 118 Å². The van der Waals surface area contributed by atoms with Gasteiger partial charge in [0.05, 0.1) is 22.7 Å². The summed E-state index contributed by atoms with van der Waals surface area (Å²) in [5.74, 6) is 0.919. The number of amides is 1. The Bertz CT molecular complexity index is 1550. The molecule has 10 heteroatoms. The van der Waals surface area contributed by atoms with E-state index < -0.39 is 10.0 Å². The monoisotopic (exact) mass is 487 g/mol. The molecular formula is C25H21N5O4S. The van der Waals surface area contributed by atoms with Crippen molar-refractivity contribution in [1.29, 1.82) is 0 Å². The zero-order valence-corrected chi connectivity index (χ0v) is 19.5. The zero-order chi connectivity index (χ0) is 24.0. The second kappa shape index (κ2) is 8.31. The predicted octanol–water partition coefficient (Wildman–Crippen LogP) is 3.36. The highest BCUT2D eigenvalue weighted by Gasteiger charge is 2.33. The van der Waals surface area contributed by atoms with Crippen LogP contribution in [0.4, 0.5) is 11.4 Å². The minimum absolute atomic E-state index is 0.104. The van der Waals surface area contributed by atoms with Gasteiger partial charge in [-0.3, -0.25) is 14.5 Å². The largest absolute Gasteiger partial charge is 0.339 e. The van der Waals surface area contributed by atoms with E-state index in [0.717, 1.165) is 22.4 Å². The molecule has 1 amide bonds. The highest BCUT2D eigenvalue weighted by Crippen LogP contribution is 2.38. The van der Waals surface area contributed by atoms with Crippen molar-refractivity contribution in [2.24, 2.45) is 0 Å². The molecule has 0 aliphatic carbocycles. The Hall–Kier alpha value is -4.05. The average molecular weight is 488 g/mol. The normalized spacial score (nSPS) is 14.7. The Morgan fingerprint density at radius 1 is 1.00 bits per heavy atom. The number of hydrogen-bond donors (Lipinski definition) is 1. The minimum Gasteiger partial charge on any atom is -0.339 e. The molecule has 2 aliphatic rings. The molecule has 0 spiro atoms. The number of aromatic nitrogens is 3. The lowest BCUT2D eigenvalue weighted by atomic mass is 10.00. The summed E-state index contributed by atoms with van der Waals surface area (Å²) in [4.78, 5) is 22.6. The van der Waals surface area contributed by atoms with Gasteiger partial charge < -0.3 is 9.42 Å². The van der Waals surface area contributed by atoms with Crippen LogP contribution >= 0.6 is 0 Å². The van der Waals surface area contributed by atoms with E-state index in [1.165, 1.54) is 0 Å². The van der Waals surface area contributed by atoms with Gasteiger partial charge in [0, 0.05) is 30.9 Å². The summed E-state index contributed by atoms with van der Waals surface area (Å²) in [6, 6.07) is 14.1. The van der Waals surface area contributed by atoms with Crippen LogP contribution in [0.5, 0.6) is 0 Å². The summed E-state index contributed by atoms with van der Waals surface area (Å²) in [6.07, 6.45) is 5.18. The Morgan fingerprint density at radius 2 is 1.77 bits per heavy atom. The molecule has 4 heterocycles. The third-order valence-electron chi connectivity index (χ3n) is 6.35. The van der Waals surface area contributed by atoms with E-state index in [0.29, 0.717) is 48.8 Å². The fourth-order valence-corrected chi connectivity index (χ4v) is 5.87. The molecule has 1 N–H and O–H groups in total. The minimum atomic E-state index is -3.85. The van der Waals surface area contributed by atoms with E-state index in [2.05, 4.69) is 19.8 Å². The number of pyridine rings is 1. The number of sulfonamides is 1. The van der Waals surface area contributed by atoms with Gasteiger partial charge in [-0.2, -0.15) is 4.98 Å². The summed E-state index contributed by atoms with van der Waals surface area (Å²) >= 11 is 0. The number of carbonyl (C=O) groups is 1. The van der Waals surface area contributed by atoms with Crippen LogP contribution in [0.1, 0.15) is 29.0 Å². The van der Waals surface area contributed by atoms with Crippen molar-refractivity contribution in [3.8, 4) is 11.4 Å². The standard InChI is InChI=1S/C25H21N5O4S/c31-23-6-5-18-13-20(14-19-9-12-30(23)24(18)19)35(32,33)29-21-4-2-1-3-17(21)15-22-27-25(28-34-22)16-7-10-26-11-8-16/h1-4,7-8,10-11,13-14,29H,5-6,9,12,15H2. The van der Waals surface area contributed by atoms with Crippen LogP contribution in [0, 0.1) is 0 Å². The average Bonchev–Trinajstić information content (AvgIpc) is 3.51. The molecule has 2 aromatic heterocycles. The summed E-state index contributed by atoms with van der Waals surface area (Å²) in [5.41, 5.74) is 4.63. The number of aryl methyl sites for hydroxylation is 1. The lowest BCUT2D eigenvalue weighted by Crippen LogP contribution is -2.33. The van der Waals surface area contributed by atoms with Crippen LogP contribution < -0.4 is 9.62 Å². The summed E-state index contributed by atoms with van der Waals surface area (Å²) in [6.45, 7) is 0.604. The molecule has 0 atom stereocenters. The second-order valence-corrected chi connectivity index (χ2v) is 10.3. The first-order valence-corrected chi connectivity index (χ1v) is 12.8. The number of benzene rings is 2. The van der Waals surface area contributed by atoms with E-state index in [9.17, 15) is 13.2 Å². The van der Waals surface area contributed by atoms with Gasteiger partial charge in [-0.25, -0.2) is 8.42 Å². The SMILES string of the molecule is O=C1CCc2cc(S(=O)(=O)Nc3ccccc3Cc3nc(-c4ccncc4)no3)cc3c2N1CC3. The molecule has 0 bridgehead atoms. The van der Waals surface area contributed by atoms with Gasteiger partial charge in [-0.1, -0.05) is 23.4 Å². The van der Waals surface area contributed by atoms with Gasteiger partial charge >= 0.3 is 0 Å². The van der Waals surface area contributed by atoms with Crippen LogP contribution in [-0.4, -0.2) is 36.0 Å².